The molecule has 2 N–H and O–H groups in total. The van der Waals surface area contributed by atoms with E-state index in [2.05, 4.69) is 25.3 Å². The van der Waals surface area contributed by atoms with Crippen molar-refractivity contribution in [3.63, 3.8) is 0 Å². The van der Waals surface area contributed by atoms with Gasteiger partial charge in [0.1, 0.15) is 23.3 Å². The molecule has 0 aliphatic carbocycles. The van der Waals surface area contributed by atoms with Crippen LogP contribution in [0.15, 0.2) is 110 Å². The lowest BCUT2D eigenvalue weighted by Gasteiger charge is -2.17. The third-order valence-electron chi connectivity index (χ3n) is 7.93. The Labute approximate surface area is 245 Å². The predicted octanol–water partition coefficient (Wildman–Crippen LogP) is 6.33. The molecular weight excluding hydrogens is 572 g/mol. The predicted molar refractivity (Wildman–Crippen MR) is 159 cm³/mol. The van der Waals surface area contributed by atoms with Crippen LogP contribution in [0, 0.1) is 11.6 Å². The second kappa shape index (κ2) is 8.57. The van der Waals surface area contributed by atoms with E-state index in [-0.39, 0.29) is 68.0 Å². The normalized spacial score (nSPS) is 22.9. The first-order valence-corrected chi connectivity index (χ1v) is 13.6. The fourth-order valence-electron chi connectivity index (χ4n) is 5.94. The Balaban J connectivity index is 1.38. The lowest BCUT2D eigenvalue weighted by molar-refractivity contribution is 0.165. The molecule has 5 aromatic rings. The van der Waals surface area contributed by atoms with Gasteiger partial charge in [-0.3, -0.25) is 0 Å². The van der Waals surface area contributed by atoms with Gasteiger partial charge in [-0.15, -0.1) is 5.12 Å². The van der Waals surface area contributed by atoms with Gasteiger partial charge >= 0.3 is 5.92 Å². The van der Waals surface area contributed by atoms with Crippen LogP contribution in [0.3, 0.4) is 0 Å². The average Bonchev–Trinajstić information content (AvgIpc) is 3.74. The maximum Gasteiger partial charge on any atom is 0.305 e. The Hall–Kier alpha value is -5.91. The molecule has 8 nitrogen and oxygen atoms in total. The molecule has 1 atom stereocenters. The molecule has 212 valence electrons. The highest BCUT2D eigenvalue weighted by Crippen LogP contribution is 2.40. The molecule has 4 aliphatic rings. The van der Waals surface area contributed by atoms with Gasteiger partial charge in [-0.1, -0.05) is 53.0 Å². The van der Waals surface area contributed by atoms with E-state index in [9.17, 15) is 8.78 Å². The van der Waals surface area contributed by atoms with Crippen LogP contribution in [-0.2, 0) is 5.92 Å². The number of hydrogen-bond acceptors (Lipinski definition) is 7. The Kier molecular flexibility index (Phi) is 4.80. The van der Waals surface area contributed by atoms with Crippen molar-refractivity contribution in [3.05, 3.63) is 130 Å². The van der Waals surface area contributed by atoms with Crippen molar-refractivity contribution in [1.29, 1.82) is 0 Å². The number of anilines is 1. The maximum atomic E-state index is 17.0. The van der Waals surface area contributed by atoms with Crippen LogP contribution >= 0.6 is 0 Å². The molecule has 9 rings (SSSR count). The average molecular weight is 589 g/mol. The van der Waals surface area contributed by atoms with Crippen molar-refractivity contribution in [2.75, 3.05) is 5.12 Å². The number of fused-ring (bicyclic) bond motifs is 18. The van der Waals surface area contributed by atoms with E-state index in [1.54, 1.807) is 36.4 Å². The molecule has 0 spiro atoms. The fourth-order valence-corrected chi connectivity index (χ4v) is 5.94. The Morgan fingerprint density at radius 3 is 2.16 bits per heavy atom. The van der Waals surface area contributed by atoms with Crippen LogP contribution in [0.1, 0.15) is 33.4 Å². The molecule has 0 saturated heterocycles. The minimum Gasteiger partial charge on any atom is -0.323 e. The number of H-pyrrole nitrogens is 1. The third kappa shape index (κ3) is 3.41. The zero-order chi connectivity index (χ0) is 29.7. The minimum atomic E-state index is -2.58. The molecule has 4 aromatic carbocycles. The van der Waals surface area contributed by atoms with E-state index in [1.807, 2.05) is 12.1 Å². The number of nitrogens with zero attached hydrogens (tertiary/aromatic N) is 6. The number of aliphatic imine (C=N–C) groups is 5. The number of nitrogens with one attached hydrogen (secondary N) is 2. The molecule has 4 aliphatic heterocycles. The van der Waals surface area contributed by atoms with Crippen molar-refractivity contribution in [2.24, 2.45) is 25.0 Å². The summed E-state index contributed by atoms with van der Waals surface area (Å²) in [6, 6.07) is 21.3. The third-order valence-corrected chi connectivity index (χ3v) is 7.93. The molecule has 0 amide bonds. The highest BCUT2D eigenvalue weighted by Gasteiger charge is 2.44. The van der Waals surface area contributed by atoms with Gasteiger partial charge < -0.3 is 10.3 Å². The molecule has 0 saturated carbocycles. The van der Waals surface area contributed by atoms with Crippen LogP contribution in [0.5, 0.6) is 0 Å². The quantitative estimate of drug-likeness (QED) is 0.126. The molecule has 44 heavy (non-hydrogen) atoms. The van der Waals surface area contributed by atoms with Gasteiger partial charge in [-0.05, 0) is 36.4 Å². The Morgan fingerprint density at radius 1 is 0.636 bits per heavy atom. The van der Waals surface area contributed by atoms with Gasteiger partial charge in [0, 0.05) is 44.2 Å². The van der Waals surface area contributed by atoms with Crippen molar-refractivity contribution in [1.82, 2.24) is 10.3 Å². The van der Waals surface area contributed by atoms with Gasteiger partial charge in [-0.2, -0.15) is 4.39 Å². The molecule has 5 heterocycles. The van der Waals surface area contributed by atoms with E-state index < -0.39 is 17.6 Å². The highest BCUT2D eigenvalue weighted by atomic mass is 19.2. The SMILES string of the molecule is Fc1ccc2c(c1)/C1=N/C3(F)N/C(=N\C4=NC(=N\c5[nH]c(c6ccc(F)cc56)N(F)C2=N1)/c1ccccc14)c1ccccc13. The van der Waals surface area contributed by atoms with E-state index in [1.165, 1.54) is 24.3 Å². The second-order valence-corrected chi connectivity index (χ2v) is 10.5. The summed E-state index contributed by atoms with van der Waals surface area (Å²) in [4.78, 5) is 25.7. The van der Waals surface area contributed by atoms with Gasteiger partial charge in [0.2, 0.25) is 0 Å². The standard InChI is InChI=1S/C32H16F4N8/c33-15-9-11-19-22(13-15)27-38-25-17-5-1-2-6-18(17)26(37-25)39-28-21-7-3-4-8-24(21)32(35,42-28)43-29-23-14-16(34)10-12-20(23)31(41-29)44(36)30(19)40-27/h1-14,40H,(H,37,38,39,42)/b43-29-. The summed E-state index contributed by atoms with van der Waals surface area (Å²) in [5.41, 5.74) is 2.11. The number of hydrogen-bond donors (Lipinski definition) is 2. The number of aromatic nitrogens is 1. The number of benzene rings is 4. The second-order valence-electron chi connectivity index (χ2n) is 10.5. The van der Waals surface area contributed by atoms with Crippen LogP contribution in [0.2, 0.25) is 0 Å². The maximum absolute atomic E-state index is 17.0. The summed E-state index contributed by atoms with van der Waals surface area (Å²) < 4.78 is 62.5. The smallest absolute Gasteiger partial charge is 0.305 e. The zero-order valence-corrected chi connectivity index (χ0v) is 22.3. The molecule has 8 bridgehead atoms. The van der Waals surface area contributed by atoms with Crippen molar-refractivity contribution >= 4 is 51.6 Å². The molecule has 12 heteroatoms. The minimum absolute atomic E-state index is 0.0911. The number of alkyl halides is 1. The molecular formula is C32H16F4N8. The summed E-state index contributed by atoms with van der Waals surface area (Å²) in [6.07, 6.45) is 0. The van der Waals surface area contributed by atoms with Crippen LogP contribution in [0.4, 0.5) is 29.3 Å². The molecule has 1 unspecified atom stereocenters. The van der Waals surface area contributed by atoms with Gasteiger partial charge in [-0.25, -0.2) is 33.7 Å². The number of halogens is 4. The lowest BCUT2D eigenvalue weighted by atomic mass is 10.1. The van der Waals surface area contributed by atoms with Crippen molar-refractivity contribution in [2.45, 2.75) is 5.92 Å². The van der Waals surface area contributed by atoms with Crippen molar-refractivity contribution < 1.29 is 17.7 Å². The van der Waals surface area contributed by atoms with E-state index >= 15 is 8.87 Å². The Morgan fingerprint density at radius 2 is 1.34 bits per heavy atom. The largest absolute Gasteiger partial charge is 0.323 e. The molecule has 1 aromatic heterocycles. The summed E-state index contributed by atoms with van der Waals surface area (Å²) in [6.45, 7) is 0. The monoisotopic (exact) mass is 588 g/mol. The van der Waals surface area contributed by atoms with Gasteiger partial charge in [0.05, 0.1) is 0 Å². The van der Waals surface area contributed by atoms with Crippen LogP contribution in [-0.4, -0.2) is 34.2 Å². The van der Waals surface area contributed by atoms with Crippen LogP contribution in [0.25, 0.3) is 10.8 Å². The summed E-state index contributed by atoms with van der Waals surface area (Å²) in [7, 11) is 0. The van der Waals surface area contributed by atoms with Crippen molar-refractivity contribution in [3.8, 4) is 0 Å². The lowest BCUT2D eigenvalue weighted by Crippen LogP contribution is -2.34. The summed E-state index contributed by atoms with van der Waals surface area (Å²) in [5, 5.41) is 3.59. The zero-order valence-electron chi connectivity index (χ0n) is 22.3. The first-order valence-electron chi connectivity index (χ1n) is 13.6. The Bertz CT molecular complexity index is 2280. The molecule has 0 radical (unpaired) electrons. The number of aromatic amines is 1. The van der Waals surface area contributed by atoms with E-state index in [0.29, 0.717) is 22.1 Å². The first-order chi connectivity index (χ1) is 21.4. The number of rotatable bonds is 0. The topological polar surface area (TPSA) is 92.9 Å². The van der Waals surface area contributed by atoms with Crippen LogP contribution < -0.4 is 10.4 Å². The summed E-state index contributed by atoms with van der Waals surface area (Å²) in [5.74, 6) is -3.59. The van der Waals surface area contributed by atoms with E-state index in [4.69, 9.17) is 9.98 Å². The number of amidine groups is 5. The fraction of sp³-hybridized carbons (Fsp3) is 0.0312. The van der Waals surface area contributed by atoms with Gasteiger partial charge in [0.25, 0.3) is 0 Å². The van der Waals surface area contributed by atoms with E-state index in [0.717, 1.165) is 12.1 Å². The first kappa shape index (κ1) is 24.7. The highest BCUT2D eigenvalue weighted by molar-refractivity contribution is 6.29. The van der Waals surface area contributed by atoms with Gasteiger partial charge in [0.15, 0.2) is 29.2 Å². The summed E-state index contributed by atoms with van der Waals surface area (Å²) >= 11 is 0. The molecule has 0 fully saturated rings.